The van der Waals surface area contributed by atoms with Crippen molar-refractivity contribution in [2.24, 2.45) is 12.8 Å². The minimum absolute atomic E-state index is 0.227. The second-order valence-electron chi connectivity index (χ2n) is 5.98. The van der Waals surface area contributed by atoms with Crippen molar-refractivity contribution in [1.29, 1.82) is 0 Å². The monoisotopic (exact) mass is 272 g/mol. The molecule has 1 aliphatic rings. The lowest BCUT2D eigenvalue weighted by atomic mass is 9.96. The molecule has 108 valence electrons. The summed E-state index contributed by atoms with van der Waals surface area (Å²) in [4.78, 5) is 2.52. The Balaban J connectivity index is 1.88. The molecule has 4 nitrogen and oxygen atoms in total. The first-order valence-corrected chi connectivity index (χ1v) is 7.57. The van der Waals surface area contributed by atoms with E-state index in [0.717, 1.165) is 13.1 Å². The fourth-order valence-corrected chi connectivity index (χ4v) is 3.41. The molecule has 2 aromatic rings. The molecule has 1 aromatic carbocycles. The van der Waals surface area contributed by atoms with Gasteiger partial charge in [0.05, 0.1) is 11.2 Å². The lowest BCUT2D eigenvalue weighted by molar-refractivity contribution is 0.121. The van der Waals surface area contributed by atoms with E-state index in [9.17, 15) is 0 Å². The second-order valence-corrected chi connectivity index (χ2v) is 5.98. The van der Waals surface area contributed by atoms with E-state index in [2.05, 4.69) is 36.1 Å². The van der Waals surface area contributed by atoms with E-state index >= 15 is 0 Å². The molecule has 1 aliphatic heterocycles. The number of rotatable bonds is 3. The Kier molecular flexibility index (Phi) is 3.76. The van der Waals surface area contributed by atoms with Crippen LogP contribution in [-0.2, 0) is 13.6 Å². The zero-order valence-electron chi connectivity index (χ0n) is 12.4. The van der Waals surface area contributed by atoms with Crippen LogP contribution in [0.4, 0.5) is 0 Å². The van der Waals surface area contributed by atoms with Gasteiger partial charge in [-0.15, -0.1) is 0 Å². The van der Waals surface area contributed by atoms with Crippen molar-refractivity contribution >= 4 is 10.9 Å². The van der Waals surface area contributed by atoms with Crippen LogP contribution in [0.2, 0.25) is 0 Å². The predicted molar refractivity (Wildman–Crippen MR) is 82.4 cm³/mol. The van der Waals surface area contributed by atoms with Gasteiger partial charge in [-0.3, -0.25) is 9.58 Å². The predicted octanol–water partition coefficient (Wildman–Crippen LogP) is 2.27. The molecule has 0 saturated carbocycles. The first-order valence-electron chi connectivity index (χ1n) is 7.57. The molecule has 2 heterocycles. The molecule has 4 heteroatoms. The van der Waals surface area contributed by atoms with Crippen LogP contribution < -0.4 is 5.73 Å². The third kappa shape index (κ3) is 2.45. The Labute approximate surface area is 120 Å². The lowest BCUT2D eigenvalue weighted by Crippen LogP contribution is -2.48. The molecule has 0 radical (unpaired) electrons. The normalized spacial score (nSPS) is 22.2. The van der Waals surface area contributed by atoms with E-state index in [4.69, 9.17) is 10.8 Å². The molecule has 0 aliphatic carbocycles. The van der Waals surface area contributed by atoms with E-state index in [1.54, 1.807) is 0 Å². The zero-order valence-corrected chi connectivity index (χ0v) is 12.4. The number of fused-ring (bicyclic) bond motifs is 1. The summed E-state index contributed by atoms with van der Waals surface area (Å²) in [5.74, 6) is 0. The summed E-state index contributed by atoms with van der Waals surface area (Å²) in [5.41, 5.74) is 8.54. The molecule has 1 fully saturated rings. The van der Waals surface area contributed by atoms with Crippen LogP contribution in [0.1, 0.15) is 31.9 Å². The molecule has 1 aromatic heterocycles. The maximum absolute atomic E-state index is 6.16. The summed E-state index contributed by atoms with van der Waals surface area (Å²) < 4.78 is 1.98. The topological polar surface area (TPSA) is 47.1 Å². The average Bonchev–Trinajstić information content (AvgIpc) is 2.76. The molecule has 2 N–H and O–H groups in total. The average molecular weight is 272 g/mol. The second kappa shape index (κ2) is 5.54. The highest BCUT2D eigenvalue weighted by Gasteiger charge is 2.26. The number of nitrogens with zero attached hydrogens (tertiary/aromatic N) is 3. The van der Waals surface area contributed by atoms with Crippen LogP contribution in [-0.4, -0.2) is 33.3 Å². The first kappa shape index (κ1) is 13.6. The quantitative estimate of drug-likeness (QED) is 0.932. The number of aromatic nitrogens is 2. The van der Waals surface area contributed by atoms with Crippen LogP contribution in [0.5, 0.6) is 0 Å². The fraction of sp³-hybridized carbons (Fsp3) is 0.562. The maximum Gasteiger partial charge on any atom is 0.0843 e. The Hall–Kier alpha value is -1.39. The summed E-state index contributed by atoms with van der Waals surface area (Å²) in [5, 5.41) is 5.98. The van der Waals surface area contributed by atoms with Gasteiger partial charge < -0.3 is 5.73 Å². The molecular weight excluding hydrogens is 248 g/mol. The van der Waals surface area contributed by atoms with Gasteiger partial charge >= 0.3 is 0 Å². The summed E-state index contributed by atoms with van der Waals surface area (Å²) in [6.07, 6.45) is 3.78. The summed E-state index contributed by atoms with van der Waals surface area (Å²) >= 11 is 0. The van der Waals surface area contributed by atoms with Crippen molar-refractivity contribution in [3.8, 4) is 0 Å². The fourth-order valence-electron chi connectivity index (χ4n) is 3.41. The van der Waals surface area contributed by atoms with Crippen molar-refractivity contribution in [3.05, 3.63) is 30.0 Å². The van der Waals surface area contributed by atoms with E-state index in [-0.39, 0.29) is 6.04 Å². The summed E-state index contributed by atoms with van der Waals surface area (Å²) in [6, 6.07) is 9.18. The minimum Gasteiger partial charge on any atom is -0.327 e. The molecule has 2 atom stereocenters. The van der Waals surface area contributed by atoms with Gasteiger partial charge in [0.1, 0.15) is 0 Å². The van der Waals surface area contributed by atoms with Crippen molar-refractivity contribution in [2.45, 2.75) is 44.8 Å². The van der Waals surface area contributed by atoms with Crippen LogP contribution in [0.15, 0.2) is 24.3 Å². The lowest BCUT2D eigenvalue weighted by Gasteiger charge is -2.37. The van der Waals surface area contributed by atoms with Crippen molar-refractivity contribution < 1.29 is 0 Å². The summed E-state index contributed by atoms with van der Waals surface area (Å²) in [6.45, 7) is 4.17. The Morgan fingerprint density at radius 3 is 2.95 bits per heavy atom. The zero-order chi connectivity index (χ0) is 14.1. The van der Waals surface area contributed by atoms with Crippen molar-refractivity contribution in [2.75, 3.05) is 6.54 Å². The Bertz CT molecular complexity index is 587. The smallest absolute Gasteiger partial charge is 0.0843 e. The number of aryl methyl sites for hydroxylation is 1. The van der Waals surface area contributed by atoms with E-state index in [1.165, 1.54) is 35.9 Å². The molecule has 0 amide bonds. The maximum atomic E-state index is 6.16. The molecule has 0 spiro atoms. The number of benzene rings is 1. The highest BCUT2D eigenvalue weighted by molar-refractivity contribution is 5.81. The van der Waals surface area contributed by atoms with Crippen molar-refractivity contribution in [1.82, 2.24) is 14.7 Å². The number of likely N-dealkylation sites (tertiary alicyclic amines) is 1. The third-order valence-corrected chi connectivity index (χ3v) is 4.46. The highest BCUT2D eigenvalue weighted by Crippen LogP contribution is 2.24. The SMILES string of the molecule is CC(N)C1CCCCN1Cc1nn(C)c2ccccc12. The van der Waals surface area contributed by atoms with Gasteiger partial charge in [0, 0.05) is 31.1 Å². The number of piperidine rings is 1. The molecule has 3 rings (SSSR count). The minimum atomic E-state index is 0.227. The standard InChI is InChI=1S/C16H24N4/c1-12(17)15-8-5-6-10-20(15)11-14-13-7-3-4-9-16(13)19(2)18-14/h3-4,7,9,12,15H,5-6,8,10-11,17H2,1-2H3. The van der Waals surface area contributed by atoms with Crippen LogP contribution in [0.25, 0.3) is 10.9 Å². The molecule has 2 unspecified atom stereocenters. The van der Waals surface area contributed by atoms with E-state index in [0.29, 0.717) is 6.04 Å². The number of para-hydroxylation sites is 1. The van der Waals surface area contributed by atoms with Crippen LogP contribution >= 0.6 is 0 Å². The van der Waals surface area contributed by atoms with Gasteiger partial charge in [0.25, 0.3) is 0 Å². The van der Waals surface area contributed by atoms with E-state index < -0.39 is 0 Å². The van der Waals surface area contributed by atoms with Gasteiger partial charge in [-0.25, -0.2) is 0 Å². The molecular formula is C16H24N4. The Morgan fingerprint density at radius 2 is 2.15 bits per heavy atom. The van der Waals surface area contributed by atoms with Gasteiger partial charge in [0.2, 0.25) is 0 Å². The van der Waals surface area contributed by atoms with Gasteiger partial charge in [-0.05, 0) is 32.4 Å². The van der Waals surface area contributed by atoms with Crippen LogP contribution in [0, 0.1) is 0 Å². The van der Waals surface area contributed by atoms with Gasteiger partial charge in [0.15, 0.2) is 0 Å². The molecule has 1 saturated heterocycles. The first-order chi connectivity index (χ1) is 9.66. The van der Waals surface area contributed by atoms with E-state index in [1.807, 2.05) is 11.7 Å². The van der Waals surface area contributed by atoms with Crippen LogP contribution in [0.3, 0.4) is 0 Å². The number of nitrogens with two attached hydrogens (primary N) is 1. The van der Waals surface area contributed by atoms with Crippen molar-refractivity contribution in [3.63, 3.8) is 0 Å². The molecule has 0 bridgehead atoms. The third-order valence-electron chi connectivity index (χ3n) is 4.46. The number of hydrogen-bond donors (Lipinski definition) is 1. The molecule has 20 heavy (non-hydrogen) atoms. The van der Waals surface area contributed by atoms with Gasteiger partial charge in [-0.1, -0.05) is 24.6 Å². The Morgan fingerprint density at radius 1 is 1.35 bits per heavy atom. The largest absolute Gasteiger partial charge is 0.327 e. The summed E-state index contributed by atoms with van der Waals surface area (Å²) in [7, 11) is 2.02. The van der Waals surface area contributed by atoms with Gasteiger partial charge in [-0.2, -0.15) is 5.10 Å². The number of hydrogen-bond acceptors (Lipinski definition) is 3. The highest BCUT2D eigenvalue weighted by atomic mass is 15.3.